The van der Waals surface area contributed by atoms with Gasteiger partial charge in [-0.2, -0.15) is 0 Å². The summed E-state index contributed by atoms with van der Waals surface area (Å²) < 4.78 is 0. The number of hydrogen-bond acceptors (Lipinski definition) is 5. The Morgan fingerprint density at radius 2 is 2.08 bits per heavy atom. The van der Waals surface area contributed by atoms with E-state index in [1.54, 1.807) is 28.4 Å². The summed E-state index contributed by atoms with van der Waals surface area (Å²) in [5.74, 6) is -0.718. The van der Waals surface area contributed by atoms with E-state index in [1.807, 2.05) is 35.0 Å². The zero-order valence-corrected chi connectivity index (χ0v) is 15.9. The van der Waals surface area contributed by atoms with Crippen molar-refractivity contribution in [2.75, 3.05) is 16.8 Å². The SMILES string of the molecule is O=C(Nc1nc(-c2cccs2)cs1)C1CC(=O)N(c2ccccc2Cl)C1. The monoisotopic (exact) mass is 403 g/mol. The number of amides is 2. The average Bonchev–Trinajstić information content (AvgIpc) is 3.35. The van der Waals surface area contributed by atoms with Crippen LogP contribution in [0.3, 0.4) is 0 Å². The van der Waals surface area contributed by atoms with Crippen molar-refractivity contribution >= 4 is 56.9 Å². The highest BCUT2D eigenvalue weighted by Gasteiger charge is 2.36. The molecule has 1 aliphatic rings. The first-order valence-electron chi connectivity index (χ1n) is 7.97. The van der Waals surface area contributed by atoms with Gasteiger partial charge in [0.05, 0.1) is 27.2 Å². The Labute approximate surface area is 163 Å². The molecule has 3 aromatic rings. The molecule has 0 aliphatic carbocycles. The van der Waals surface area contributed by atoms with E-state index in [4.69, 9.17) is 11.6 Å². The minimum absolute atomic E-state index is 0.100. The van der Waals surface area contributed by atoms with Crippen molar-refractivity contribution in [2.45, 2.75) is 6.42 Å². The average molecular weight is 404 g/mol. The van der Waals surface area contributed by atoms with E-state index in [0.717, 1.165) is 10.6 Å². The van der Waals surface area contributed by atoms with Crippen LogP contribution in [-0.4, -0.2) is 23.3 Å². The molecule has 0 radical (unpaired) electrons. The molecule has 1 unspecified atom stereocenters. The lowest BCUT2D eigenvalue weighted by atomic mass is 10.1. The molecule has 0 spiro atoms. The third kappa shape index (κ3) is 3.38. The smallest absolute Gasteiger partial charge is 0.231 e. The number of anilines is 2. The molecule has 1 fully saturated rings. The molecule has 5 nitrogen and oxygen atoms in total. The van der Waals surface area contributed by atoms with Crippen molar-refractivity contribution in [1.82, 2.24) is 4.98 Å². The molecule has 1 saturated heterocycles. The highest BCUT2D eigenvalue weighted by molar-refractivity contribution is 7.16. The van der Waals surface area contributed by atoms with Gasteiger partial charge in [0.2, 0.25) is 11.8 Å². The fourth-order valence-electron chi connectivity index (χ4n) is 2.86. The van der Waals surface area contributed by atoms with Crippen molar-refractivity contribution in [3.8, 4) is 10.6 Å². The van der Waals surface area contributed by atoms with Gasteiger partial charge in [-0.15, -0.1) is 22.7 Å². The van der Waals surface area contributed by atoms with E-state index in [1.165, 1.54) is 11.3 Å². The lowest BCUT2D eigenvalue weighted by Gasteiger charge is -2.17. The second-order valence-electron chi connectivity index (χ2n) is 5.86. The maximum absolute atomic E-state index is 12.6. The maximum atomic E-state index is 12.6. The fourth-order valence-corrected chi connectivity index (χ4v) is 4.57. The fraction of sp³-hybridized carbons (Fsp3) is 0.167. The van der Waals surface area contributed by atoms with Crippen LogP contribution in [0, 0.1) is 5.92 Å². The van der Waals surface area contributed by atoms with Crippen molar-refractivity contribution in [3.63, 3.8) is 0 Å². The van der Waals surface area contributed by atoms with Gasteiger partial charge in [0.25, 0.3) is 0 Å². The number of thiazole rings is 1. The number of carbonyl (C=O) groups excluding carboxylic acids is 2. The molecule has 3 heterocycles. The number of benzene rings is 1. The zero-order chi connectivity index (χ0) is 18.1. The minimum atomic E-state index is -0.423. The number of carbonyl (C=O) groups is 2. The quantitative estimate of drug-likeness (QED) is 0.696. The van der Waals surface area contributed by atoms with Gasteiger partial charge in [-0.25, -0.2) is 4.98 Å². The number of nitrogens with zero attached hydrogens (tertiary/aromatic N) is 2. The van der Waals surface area contributed by atoms with E-state index in [0.29, 0.717) is 22.4 Å². The molecule has 26 heavy (non-hydrogen) atoms. The molecule has 2 amide bonds. The maximum Gasteiger partial charge on any atom is 0.231 e. The van der Waals surface area contributed by atoms with Gasteiger partial charge >= 0.3 is 0 Å². The zero-order valence-electron chi connectivity index (χ0n) is 13.5. The molecular weight excluding hydrogens is 390 g/mol. The van der Waals surface area contributed by atoms with Gasteiger partial charge < -0.3 is 10.2 Å². The van der Waals surface area contributed by atoms with Crippen LogP contribution in [0.15, 0.2) is 47.2 Å². The van der Waals surface area contributed by atoms with Crippen LogP contribution in [0.5, 0.6) is 0 Å². The van der Waals surface area contributed by atoms with Gasteiger partial charge in [-0.1, -0.05) is 29.8 Å². The lowest BCUT2D eigenvalue weighted by molar-refractivity contribution is -0.122. The summed E-state index contributed by atoms with van der Waals surface area (Å²) in [5, 5.41) is 7.78. The second kappa shape index (κ2) is 7.19. The second-order valence-corrected chi connectivity index (χ2v) is 8.07. The molecule has 1 aliphatic heterocycles. The topological polar surface area (TPSA) is 62.3 Å². The summed E-state index contributed by atoms with van der Waals surface area (Å²) in [4.78, 5) is 32.0. The van der Waals surface area contributed by atoms with E-state index < -0.39 is 5.92 Å². The van der Waals surface area contributed by atoms with Gasteiger partial charge in [0.15, 0.2) is 5.13 Å². The van der Waals surface area contributed by atoms with E-state index in [9.17, 15) is 9.59 Å². The number of aromatic nitrogens is 1. The van der Waals surface area contributed by atoms with E-state index >= 15 is 0 Å². The van der Waals surface area contributed by atoms with Crippen LogP contribution in [0.25, 0.3) is 10.6 Å². The molecule has 8 heteroatoms. The molecule has 0 bridgehead atoms. The summed E-state index contributed by atoms with van der Waals surface area (Å²) in [6, 6.07) is 11.1. The highest BCUT2D eigenvalue weighted by Crippen LogP contribution is 2.32. The largest absolute Gasteiger partial charge is 0.310 e. The van der Waals surface area contributed by atoms with Crippen molar-refractivity contribution in [2.24, 2.45) is 5.92 Å². The molecule has 0 saturated carbocycles. The third-order valence-electron chi connectivity index (χ3n) is 4.15. The first-order valence-corrected chi connectivity index (χ1v) is 10.1. The van der Waals surface area contributed by atoms with Crippen LogP contribution in [0.2, 0.25) is 5.02 Å². The van der Waals surface area contributed by atoms with Crippen molar-refractivity contribution < 1.29 is 9.59 Å². The Balaban J connectivity index is 1.45. The number of halogens is 1. The predicted octanol–water partition coefficient (Wildman–Crippen LogP) is 4.52. The summed E-state index contributed by atoms with van der Waals surface area (Å²) in [7, 11) is 0. The Morgan fingerprint density at radius 1 is 1.23 bits per heavy atom. The standard InChI is InChI=1S/C18H14ClN3O2S2/c19-12-4-1-2-5-14(12)22-9-11(8-16(22)23)17(24)21-18-20-13(10-26-18)15-6-3-7-25-15/h1-7,10-11H,8-9H2,(H,20,21,24). The van der Waals surface area contributed by atoms with Crippen LogP contribution < -0.4 is 10.2 Å². The summed E-state index contributed by atoms with van der Waals surface area (Å²) in [6.45, 7) is 0.317. The summed E-state index contributed by atoms with van der Waals surface area (Å²) >= 11 is 9.16. The number of para-hydroxylation sites is 1. The molecular formula is C18H14ClN3O2S2. The summed E-state index contributed by atoms with van der Waals surface area (Å²) in [5.41, 5.74) is 1.49. The Morgan fingerprint density at radius 3 is 2.85 bits per heavy atom. The normalized spacial score (nSPS) is 16.9. The van der Waals surface area contributed by atoms with E-state index in [-0.39, 0.29) is 18.2 Å². The van der Waals surface area contributed by atoms with Gasteiger partial charge in [-0.05, 0) is 23.6 Å². The van der Waals surface area contributed by atoms with Crippen LogP contribution in [-0.2, 0) is 9.59 Å². The predicted molar refractivity (Wildman–Crippen MR) is 106 cm³/mol. The molecule has 132 valence electrons. The number of thiophene rings is 1. The first-order chi connectivity index (χ1) is 12.6. The van der Waals surface area contributed by atoms with Gasteiger partial charge in [-0.3, -0.25) is 9.59 Å². The number of hydrogen-bond donors (Lipinski definition) is 1. The van der Waals surface area contributed by atoms with Crippen molar-refractivity contribution in [1.29, 1.82) is 0 Å². The van der Waals surface area contributed by atoms with Crippen LogP contribution in [0.1, 0.15) is 6.42 Å². The van der Waals surface area contributed by atoms with Gasteiger partial charge in [0, 0.05) is 18.3 Å². The Kier molecular flexibility index (Phi) is 4.76. The van der Waals surface area contributed by atoms with Gasteiger partial charge in [0.1, 0.15) is 0 Å². The highest BCUT2D eigenvalue weighted by atomic mass is 35.5. The molecule has 1 atom stereocenters. The van der Waals surface area contributed by atoms with Crippen molar-refractivity contribution in [3.05, 3.63) is 52.2 Å². The van der Waals surface area contributed by atoms with E-state index in [2.05, 4.69) is 10.3 Å². The Bertz CT molecular complexity index is 955. The number of rotatable bonds is 4. The minimum Gasteiger partial charge on any atom is -0.310 e. The molecule has 4 rings (SSSR count). The molecule has 1 N–H and O–H groups in total. The lowest BCUT2D eigenvalue weighted by Crippen LogP contribution is -2.28. The third-order valence-corrected chi connectivity index (χ3v) is 6.12. The first kappa shape index (κ1) is 17.2. The summed E-state index contributed by atoms with van der Waals surface area (Å²) in [6.07, 6.45) is 0.167. The molecule has 1 aromatic carbocycles. The Hall–Kier alpha value is -2.22. The van der Waals surface area contributed by atoms with Crippen LogP contribution in [0.4, 0.5) is 10.8 Å². The number of nitrogens with one attached hydrogen (secondary N) is 1. The molecule has 2 aromatic heterocycles. The van der Waals surface area contributed by atoms with Crippen LogP contribution >= 0.6 is 34.3 Å².